The molecule has 1 fully saturated rings. The van der Waals surface area contributed by atoms with Gasteiger partial charge in [0.1, 0.15) is 5.78 Å². The number of aliphatic hydroxyl groups is 1. The first-order valence-corrected chi connectivity index (χ1v) is 13.3. The largest absolute Gasteiger partial charge is 0.466 e. The summed E-state index contributed by atoms with van der Waals surface area (Å²) < 4.78 is 5.22. The summed E-state index contributed by atoms with van der Waals surface area (Å²) in [7, 11) is 0. The van der Waals surface area contributed by atoms with Gasteiger partial charge in [0.25, 0.3) is 0 Å². The predicted octanol–water partition coefficient (Wildman–Crippen LogP) is 6.62. The Morgan fingerprint density at radius 1 is 1.12 bits per heavy atom. The molecule has 1 aromatic rings. The maximum Gasteiger partial charge on any atom is 0.308 e. The van der Waals surface area contributed by atoms with Crippen LogP contribution in [0.15, 0.2) is 11.5 Å². The minimum atomic E-state index is -0.998. The lowest BCUT2D eigenvalue weighted by Crippen LogP contribution is -2.42. The predicted molar refractivity (Wildman–Crippen MR) is 137 cm³/mol. The number of hydrogen-bond acceptors (Lipinski definition) is 6. The molecule has 188 valence electrons. The van der Waals surface area contributed by atoms with Crippen LogP contribution >= 0.6 is 11.3 Å². The highest BCUT2D eigenvalue weighted by atomic mass is 32.1. The van der Waals surface area contributed by atoms with E-state index in [-0.39, 0.29) is 18.1 Å². The molecule has 4 atom stereocenters. The fraction of sp³-hybridized carbons (Fsp3) is 0.741. The average molecular weight is 480 g/mol. The van der Waals surface area contributed by atoms with Gasteiger partial charge in [0.15, 0.2) is 0 Å². The molecule has 0 bridgehead atoms. The molecule has 5 nitrogen and oxygen atoms in total. The number of carbonyl (C=O) groups excluding carboxylic acids is 2. The summed E-state index contributed by atoms with van der Waals surface area (Å²) in [5, 5.41) is 13.6. The topological polar surface area (TPSA) is 76.5 Å². The van der Waals surface area contributed by atoms with E-state index in [4.69, 9.17) is 4.74 Å². The summed E-state index contributed by atoms with van der Waals surface area (Å²) in [6.07, 6.45) is 9.15. The standard InChI is InChI=1S/C20H36O4.C7H9NS/c1-14-8-6-9-15(2)12-16(3)19(23)20(4,5)17(21)13-18(22)24-11-7-10-14;1-3-4-7-5-9-6(2)8-7/h14-17,21H,6-13H2,1-5H3;3-5H,1-2H3/b;4-3-. The molecule has 4 unspecified atom stereocenters. The number of hydrogen-bond donors (Lipinski definition) is 1. The van der Waals surface area contributed by atoms with Crippen LogP contribution in [0.25, 0.3) is 6.08 Å². The molecule has 1 aliphatic rings. The number of esters is 1. The summed E-state index contributed by atoms with van der Waals surface area (Å²) in [6, 6.07) is 0. The van der Waals surface area contributed by atoms with Gasteiger partial charge < -0.3 is 9.84 Å². The normalized spacial score (nSPS) is 28.1. The summed E-state index contributed by atoms with van der Waals surface area (Å²) in [5.41, 5.74) is 0.143. The molecule has 0 radical (unpaired) electrons. The zero-order chi connectivity index (χ0) is 25.0. The highest BCUT2D eigenvalue weighted by Gasteiger charge is 2.39. The number of aliphatic hydroxyl groups excluding tert-OH is 1. The molecule has 2 heterocycles. The van der Waals surface area contributed by atoms with Crippen LogP contribution in [-0.4, -0.2) is 34.6 Å². The van der Waals surface area contributed by atoms with Crippen molar-refractivity contribution in [1.82, 2.24) is 4.98 Å². The quantitative estimate of drug-likeness (QED) is 0.458. The van der Waals surface area contributed by atoms with Gasteiger partial charge in [0, 0.05) is 11.3 Å². The number of ketones is 1. The summed E-state index contributed by atoms with van der Waals surface area (Å²) in [4.78, 5) is 28.9. The van der Waals surface area contributed by atoms with Gasteiger partial charge >= 0.3 is 5.97 Å². The van der Waals surface area contributed by atoms with Crippen molar-refractivity contribution in [2.24, 2.45) is 23.2 Å². The molecule has 0 aliphatic carbocycles. The van der Waals surface area contributed by atoms with Gasteiger partial charge in [-0.05, 0) is 51.0 Å². The summed E-state index contributed by atoms with van der Waals surface area (Å²) in [6.45, 7) is 14.3. The zero-order valence-electron chi connectivity index (χ0n) is 21.7. The Balaban J connectivity index is 0.000000502. The molecule has 1 aliphatic heterocycles. The lowest BCUT2D eigenvalue weighted by Gasteiger charge is -2.32. The number of aryl methyl sites for hydroxylation is 1. The first-order chi connectivity index (χ1) is 15.5. The number of rotatable bonds is 1. The van der Waals surface area contributed by atoms with Gasteiger partial charge in [0.2, 0.25) is 0 Å². The Hall–Kier alpha value is -1.53. The first kappa shape index (κ1) is 29.5. The van der Waals surface area contributed by atoms with Crippen LogP contribution in [0.3, 0.4) is 0 Å². The highest BCUT2D eigenvalue weighted by Crippen LogP contribution is 2.31. The SMILES string of the molecule is C/C=C\c1csc(C)n1.CC1CCCOC(=O)CC(O)C(C)(C)C(=O)C(C)CC(C)CCC1. The van der Waals surface area contributed by atoms with Crippen LogP contribution in [0.1, 0.15) is 97.2 Å². The number of nitrogens with zero attached hydrogens (tertiary/aromatic N) is 1. The van der Waals surface area contributed by atoms with Crippen LogP contribution in [0, 0.1) is 30.1 Å². The number of cyclic esters (lactones) is 1. The van der Waals surface area contributed by atoms with E-state index in [0.29, 0.717) is 18.4 Å². The number of aromatic nitrogens is 1. The van der Waals surface area contributed by atoms with Crippen molar-refractivity contribution in [3.8, 4) is 0 Å². The molecular formula is C27H45NO4S. The minimum absolute atomic E-state index is 0.0371. The van der Waals surface area contributed by atoms with Crippen molar-refractivity contribution in [3.05, 3.63) is 22.2 Å². The number of Topliss-reactive ketones (excluding diaryl/α,β-unsaturated/α-hetero) is 1. The molecule has 6 heteroatoms. The third-order valence-corrected chi connectivity index (χ3v) is 7.30. The smallest absolute Gasteiger partial charge is 0.308 e. The second kappa shape index (κ2) is 14.7. The second-order valence-corrected chi connectivity index (χ2v) is 11.3. The van der Waals surface area contributed by atoms with Gasteiger partial charge in [-0.3, -0.25) is 9.59 Å². The van der Waals surface area contributed by atoms with E-state index in [9.17, 15) is 14.7 Å². The highest BCUT2D eigenvalue weighted by molar-refractivity contribution is 7.09. The Morgan fingerprint density at radius 3 is 2.36 bits per heavy atom. The molecule has 0 aromatic carbocycles. The number of carbonyl (C=O) groups is 2. The van der Waals surface area contributed by atoms with Gasteiger partial charge in [-0.1, -0.05) is 60.0 Å². The minimum Gasteiger partial charge on any atom is -0.466 e. The lowest BCUT2D eigenvalue weighted by molar-refractivity contribution is -0.150. The van der Waals surface area contributed by atoms with E-state index in [1.54, 1.807) is 25.2 Å². The Bertz CT molecular complexity index is 755. The molecule has 0 spiro atoms. The van der Waals surface area contributed by atoms with E-state index in [0.717, 1.165) is 36.4 Å². The maximum atomic E-state index is 12.8. The molecule has 1 saturated heterocycles. The fourth-order valence-electron chi connectivity index (χ4n) is 4.30. The van der Waals surface area contributed by atoms with Gasteiger partial charge in [-0.2, -0.15) is 0 Å². The van der Waals surface area contributed by atoms with Gasteiger partial charge in [-0.15, -0.1) is 11.3 Å². The monoisotopic (exact) mass is 479 g/mol. The number of allylic oxidation sites excluding steroid dienone is 1. The molecule has 2 rings (SSSR count). The van der Waals surface area contributed by atoms with Gasteiger partial charge in [-0.25, -0.2) is 4.98 Å². The van der Waals surface area contributed by atoms with E-state index >= 15 is 0 Å². The van der Waals surface area contributed by atoms with Gasteiger partial charge in [0.05, 0.1) is 35.2 Å². The van der Waals surface area contributed by atoms with Crippen molar-refractivity contribution >= 4 is 29.2 Å². The lowest BCUT2D eigenvalue weighted by atomic mass is 9.74. The zero-order valence-corrected chi connectivity index (χ0v) is 22.5. The molecule has 0 saturated carbocycles. The van der Waals surface area contributed by atoms with E-state index in [1.165, 1.54) is 12.8 Å². The molecular weight excluding hydrogens is 434 g/mol. The second-order valence-electron chi connectivity index (χ2n) is 10.2. The van der Waals surface area contributed by atoms with E-state index in [2.05, 4.69) is 24.2 Å². The average Bonchev–Trinajstić information content (AvgIpc) is 3.15. The van der Waals surface area contributed by atoms with Crippen molar-refractivity contribution in [3.63, 3.8) is 0 Å². The van der Waals surface area contributed by atoms with Crippen molar-refractivity contribution in [2.75, 3.05) is 6.61 Å². The van der Waals surface area contributed by atoms with Crippen LogP contribution in [0.2, 0.25) is 0 Å². The molecule has 1 aromatic heterocycles. The van der Waals surface area contributed by atoms with Crippen molar-refractivity contribution in [1.29, 1.82) is 0 Å². The van der Waals surface area contributed by atoms with E-state index in [1.807, 2.05) is 32.9 Å². The number of thiazole rings is 1. The molecule has 1 N–H and O–H groups in total. The van der Waals surface area contributed by atoms with Crippen molar-refractivity contribution < 1.29 is 19.4 Å². The fourth-order valence-corrected chi connectivity index (χ4v) is 4.88. The van der Waals surface area contributed by atoms with Crippen LogP contribution in [0.4, 0.5) is 0 Å². The third-order valence-electron chi connectivity index (χ3n) is 6.50. The third kappa shape index (κ3) is 11.0. The van der Waals surface area contributed by atoms with Crippen molar-refractivity contribution in [2.45, 2.75) is 99.5 Å². The van der Waals surface area contributed by atoms with Crippen LogP contribution in [0.5, 0.6) is 0 Å². The maximum absolute atomic E-state index is 12.8. The molecule has 0 amide bonds. The Kier molecular flexibility index (Phi) is 13.1. The number of ether oxygens (including phenoxy) is 1. The van der Waals surface area contributed by atoms with Crippen LogP contribution < -0.4 is 0 Å². The Labute approximate surface area is 205 Å². The summed E-state index contributed by atoms with van der Waals surface area (Å²) >= 11 is 1.68. The van der Waals surface area contributed by atoms with Crippen LogP contribution in [-0.2, 0) is 14.3 Å². The summed E-state index contributed by atoms with van der Waals surface area (Å²) in [5.74, 6) is 0.652. The molecule has 33 heavy (non-hydrogen) atoms. The first-order valence-electron chi connectivity index (χ1n) is 12.4. The van der Waals surface area contributed by atoms with E-state index < -0.39 is 17.5 Å². The Morgan fingerprint density at radius 2 is 1.76 bits per heavy atom.